The van der Waals surface area contributed by atoms with Gasteiger partial charge in [-0.25, -0.2) is 13.8 Å². The van der Waals surface area contributed by atoms with E-state index in [0.29, 0.717) is 38.6 Å². The summed E-state index contributed by atoms with van der Waals surface area (Å²) in [5.41, 5.74) is 0.886. The number of rotatable bonds is 4. The van der Waals surface area contributed by atoms with Crippen molar-refractivity contribution in [2.75, 3.05) is 39.4 Å². The van der Waals surface area contributed by atoms with Crippen molar-refractivity contribution >= 4 is 5.91 Å². The van der Waals surface area contributed by atoms with Crippen molar-refractivity contribution in [3.63, 3.8) is 0 Å². The first-order valence-corrected chi connectivity index (χ1v) is 10.0. The minimum absolute atomic E-state index is 0.0617. The molecule has 2 saturated heterocycles. The zero-order chi connectivity index (χ0) is 20.4. The highest BCUT2D eigenvalue weighted by atomic mass is 19.1. The Morgan fingerprint density at radius 2 is 1.90 bits per heavy atom. The number of halogens is 2. The van der Waals surface area contributed by atoms with Crippen molar-refractivity contribution in [1.29, 1.82) is 0 Å². The number of carbonyl (C=O) groups is 1. The number of morpholine rings is 1. The van der Waals surface area contributed by atoms with E-state index in [1.54, 1.807) is 6.92 Å². The Morgan fingerprint density at radius 1 is 1.17 bits per heavy atom. The van der Waals surface area contributed by atoms with Crippen molar-refractivity contribution in [2.45, 2.75) is 26.3 Å². The molecule has 2 aliphatic rings. The maximum Gasteiger partial charge on any atom is 0.229 e. The molecule has 156 valence electrons. The molecular weight excluding hydrogens is 380 g/mol. The van der Waals surface area contributed by atoms with Gasteiger partial charge in [0.25, 0.3) is 0 Å². The number of benzene rings is 1. The molecule has 2 aromatic rings. The van der Waals surface area contributed by atoms with Crippen LogP contribution in [0.3, 0.4) is 0 Å². The normalized spacial score (nSPS) is 18.9. The van der Waals surface area contributed by atoms with Gasteiger partial charge in [-0.1, -0.05) is 0 Å². The molecule has 0 spiro atoms. The molecule has 29 heavy (non-hydrogen) atoms. The predicted molar refractivity (Wildman–Crippen MR) is 102 cm³/mol. The van der Waals surface area contributed by atoms with E-state index < -0.39 is 11.6 Å². The first-order valence-electron chi connectivity index (χ1n) is 10.0. The van der Waals surface area contributed by atoms with E-state index in [-0.39, 0.29) is 23.3 Å². The van der Waals surface area contributed by atoms with E-state index >= 15 is 0 Å². The van der Waals surface area contributed by atoms with Crippen LogP contribution in [0.4, 0.5) is 8.78 Å². The number of piperidine rings is 1. The van der Waals surface area contributed by atoms with Gasteiger partial charge in [0.1, 0.15) is 17.4 Å². The van der Waals surface area contributed by atoms with E-state index in [1.165, 1.54) is 12.1 Å². The number of oxazole rings is 1. The average Bonchev–Trinajstić information content (AvgIpc) is 3.08. The van der Waals surface area contributed by atoms with Crippen molar-refractivity contribution in [3.8, 4) is 11.5 Å². The Labute approximate surface area is 168 Å². The number of ether oxygens (including phenoxy) is 1. The molecule has 0 radical (unpaired) electrons. The minimum atomic E-state index is -0.694. The minimum Gasteiger partial charge on any atom is -0.441 e. The van der Waals surface area contributed by atoms with Gasteiger partial charge >= 0.3 is 0 Å². The fourth-order valence-corrected chi connectivity index (χ4v) is 3.94. The third kappa shape index (κ3) is 4.48. The Hall–Kier alpha value is -2.32. The summed E-state index contributed by atoms with van der Waals surface area (Å²) in [7, 11) is 0. The van der Waals surface area contributed by atoms with Gasteiger partial charge in [-0.3, -0.25) is 9.69 Å². The molecule has 0 bridgehead atoms. The van der Waals surface area contributed by atoms with Crippen LogP contribution in [0.5, 0.6) is 0 Å². The van der Waals surface area contributed by atoms with Gasteiger partial charge in [0.15, 0.2) is 0 Å². The summed E-state index contributed by atoms with van der Waals surface area (Å²) in [5, 5.41) is 0. The number of hydrogen-bond acceptors (Lipinski definition) is 5. The fourth-order valence-electron chi connectivity index (χ4n) is 3.94. The smallest absolute Gasteiger partial charge is 0.229 e. The van der Waals surface area contributed by atoms with Crippen LogP contribution in [0.15, 0.2) is 22.6 Å². The van der Waals surface area contributed by atoms with Gasteiger partial charge in [-0.2, -0.15) is 0 Å². The molecular formula is C21H25F2N3O3. The van der Waals surface area contributed by atoms with Crippen molar-refractivity contribution in [3.05, 3.63) is 41.3 Å². The number of aromatic nitrogens is 1. The zero-order valence-corrected chi connectivity index (χ0v) is 16.5. The molecule has 2 fully saturated rings. The monoisotopic (exact) mass is 405 g/mol. The molecule has 0 unspecified atom stereocenters. The average molecular weight is 405 g/mol. The molecule has 4 rings (SSSR count). The summed E-state index contributed by atoms with van der Waals surface area (Å²) in [6.07, 6.45) is 1.62. The van der Waals surface area contributed by atoms with Crippen LogP contribution in [0.2, 0.25) is 0 Å². The van der Waals surface area contributed by atoms with Crippen LogP contribution in [0.25, 0.3) is 11.5 Å². The Kier molecular flexibility index (Phi) is 5.91. The molecule has 2 aliphatic heterocycles. The molecule has 3 heterocycles. The molecule has 8 heteroatoms. The first kappa shape index (κ1) is 20.0. The van der Waals surface area contributed by atoms with Gasteiger partial charge in [-0.05, 0) is 45.0 Å². The van der Waals surface area contributed by atoms with Gasteiger partial charge in [0, 0.05) is 31.6 Å². The highest BCUT2D eigenvalue weighted by Gasteiger charge is 2.30. The Bertz CT molecular complexity index is 872. The number of likely N-dealkylation sites (tertiary alicyclic amines) is 1. The summed E-state index contributed by atoms with van der Waals surface area (Å²) in [6.45, 7) is 6.57. The maximum absolute atomic E-state index is 14.0. The van der Waals surface area contributed by atoms with Gasteiger partial charge in [0.2, 0.25) is 11.8 Å². The van der Waals surface area contributed by atoms with Crippen LogP contribution < -0.4 is 0 Å². The lowest BCUT2D eigenvalue weighted by Crippen LogP contribution is -2.46. The summed E-state index contributed by atoms with van der Waals surface area (Å²) in [5.74, 6) is -0.252. The molecule has 0 aliphatic carbocycles. The van der Waals surface area contributed by atoms with E-state index in [0.717, 1.165) is 37.7 Å². The first-order chi connectivity index (χ1) is 14.0. The lowest BCUT2D eigenvalue weighted by Gasteiger charge is -2.35. The van der Waals surface area contributed by atoms with Crippen LogP contribution in [-0.4, -0.2) is 60.1 Å². The summed E-state index contributed by atoms with van der Waals surface area (Å²) >= 11 is 0. The summed E-state index contributed by atoms with van der Waals surface area (Å²) in [6, 6.07) is 3.35. The second kappa shape index (κ2) is 8.59. The molecule has 1 amide bonds. The number of aryl methyl sites for hydroxylation is 1. The lowest BCUT2D eigenvalue weighted by atomic mass is 9.95. The Morgan fingerprint density at radius 3 is 2.59 bits per heavy atom. The Balaban J connectivity index is 1.36. The van der Waals surface area contributed by atoms with E-state index in [2.05, 4.69) is 9.88 Å². The SMILES string of the molecule is Cc1oc(-c2ccc(F)cc2F)nc1CN1CCC(C(=O)N2CCOCC2)CC1. The molecule has 0 saturated carbocycles. The van der Waals surface area contributed by atoms with Crippen LogP contribution in [0.1, 0.15) is 24.3 Å². The van der Waals surface area contributed by atoms with Crippen molar-refractivity contribution < 1.29 is 22.7 Å². The highest BCUT2D eigenvalue weighted by Crippen LogP contribution is 2.27. The molecule has 0 N–H and O–H groups in total. The lowest BCUT2D eigenvalue weighted by molar-refractivity contribution is -0.141. The second-order valence-electron chi connectivity index (χ2n) is 7.63. The van der Waals surface area contributed by atoms with Crippen LogP contribution in [0, 0.1) is 24.5 Å². The quantitative estimate of drug-likeness (QED) is 0.783. The van der Waals surface area contributed by atoms with Crippen molar-refractivity contribution in [1.82, 2.24) is 14.8 Å². The number of nitrogens with zero attached hydrogens (tertiary/aromatic N) is 3. The highest BCUT2D eigenvalue weighted by molar-refractivity contribution is 5.79. The zero-order valence-electron chi connectivity index (χ0n) is 16.5. The largest absolute Gasteiger partial charge is 0.441 e. The fraction of sp³-hybridized carbons (Fsp3) is 0.524. The number of hydrogen-bond donors (Lipinski definition) is 0. The van der Waals surface area contributed by atoms with E-state index in [1.807, 2.05) is 4.90 Å². The topological polar surface area (TPSA) is 58.8 Å². The second-order valence-corrected chi connectivity index (χ2v) is 7.63. The number of amides is 1. The number of carbonyl (C=O) groups excluding carboxylic acids is 1. The predicted octanol–water partition coefficient (Wildman–Crippen LogP) is 3.00. The summed E-state index contributed by atoms with van der Waals surface area (Å²) in [4.78, 5) is 21.2. The van der Waals surface area contributed by atoms with Crippen LogP contribution >= 0.6 is 0 Å². The standard InChI is InChI=1S/C21H25F2N3O3/c1-14-19(24-20(29-14)17-3-2-16(22)12-18(17)23)13-25-6-4-15(5-7-25)21(27)26-8-10-28-11-9-26/h2-3,12,15H,4-11,13H2,1H3. The molecule has 6 nitrogen and oxygen atoms in total. The molecule has 1 aromatic heterocycles. The van der Waals surface area contributed by atoms with E-state index in [9.17, 15) is 13.6 Å². The molecule has 1 aromatic carbocycles. The van der Waals surface area contributed by atoms with Gasteiger partial charge < -0.3 is 14.1 Å². The third-order valence-electron chi connectivity index (χ3n) is 5.69. The molecule has 0 atom stereocenters. The summed E-state index contributed by atoms with van der Waals surface area (Å²) < 4.78 is 38.1. The van der Waals surface area contributed by atoms with Crippen LogP contribution in [-0.2, 0) is 16.1 Å². The third-order valence-corrected chi connectivity index (χ3v) is 5.69. The maximum atomic E-state index is 14.0. The van der Waals surface area contributed by atoms with E-state index in [4.69, 9.17) is 9.15 Å². The van der Waals surface area contributed by atoms with Gasteiger partial charge in [0.05, 0.1) is 24.5 Å². The van der Waals surface area contributed by atoms with Crippen molar-refractivity contribution in [2.24, 2.45) is 5.92 Å². The van der Waals surface area contributed by atoms with Gasteiger partial charge in [-0.15, -0.1) is 0 Å².